The number of fused-ring (bicyclic) bond motifs is 1. The summed E-state index contributed by atoms with van der Waals surface area (Å²) in [6, 6.07) is 12.9. The van der Waals surface area contributed by atoms with Gasteiger partial charge >= 0.3 is 12.0 Å². The zero-order valence-electron chi connectivity index (χ0n) is 18.3. The van der Waals surface area contributed by atoms with Crippen LogP contribution in [0.25, 0.3) is 22.3 Å². The van der Waals surface area contributed by atoms with Gasteiger partial charge in [-0.05, 0) is 39.8 Å². The number of esters is 1. The number of nitrogens with one attached hydrogen (secondary N) is 2. The fourth-order valence-electron chi connectivity index (χ4n) is 3.08. The molecule has 0 radical (unpaired) electrons. The molecule has 3 aromatic rings. The third-order valence-electron chi connectivity index (χ3n) is 4.48. The molecule has 0 spiro atoms. The standard InChI is InChI=1S/C24H24N2O6/c1-14-19(28)16-11-8-12-17(21(16)32-20(14)15-9-6-5-7-10-15)22(29)31-13-18(27)25-23(30)26-24(2,3)4/h5-12H,13H2,1-4H3,(H2,25,26,27,30). The van der Waals surface area contributed by atoms with Gasteiger partial charge in [-0.15, -0.1) is 0 Å². The summed E-state index contributed by atoms with van der Waals surface area (Å²) in [7, 11) is 0. The van der Waals surface area contributed by atoms with Crippen LogP contribution in [0.4, 0.5) is 4.79 Å². The van der Waals surface area contributed by atoms with Crippen LogP contribution in [-0.2, 0) is 9.53 Å². The summed E-state index contributed by atoms with van der Waals surface area (Å²) < 4.78 is 11.0. The molecule has 0 unspecified atom stereocenters. The largest absolute Gasteiger partial charge is 0.455 e. The number of rotatable bonds is 4. The number of amides is 3. The van der Waals surface area contributed by atoms with E-state index in [1.165, 1.54) is 12.1 Å². The summed E-state index contributed by atoms with van der Waals surface area (Å²) in [6.45, 7) is 6.27. The predicted octanol–water partition coefficient (Wildman–Crippen LogP) is 3.55. The number of carbonyl (C=O) groups is 3. The Morgan fingerprint density at radius 3 is 2.34 bits per heavy atom. The Kier molecular flexibility index (Phi) is 6.43. The summed E-state index contributed by atoms with van der Waals surface area (Å²) in [5, 5.41) is 4.88. The average Bonchev–Trinajstić information content (AvgIpc) is 2.73. The molecular formula is C24H24N2O6. The van der Waals surface area contributed by atoms with Gasteiger partial charge in [0.25, 0.3) is 5.91 Å². The first kappa shape index (κ1) is 22.7. The molecule has 1 aromatic heterocycles. The highest BCUT2D eigenvalue weighted by atomic mass is 16.5. The Bertz CT molecular complexity index is 1240. The van der Waals surface area contributed by atoms with Crippen molar-refractivity contribution in [3.8, 4) is 11.3 Å². The molecule has 3 rings (SSSR count). The number of imide groups is 1. The Balaban J connectivity index is 1.85. The maximum absolute atomic E-state index is 12.9. The first-order valence-electron chi connectivity index (χ1n) is 9.98. The second kappa shape index (κ2) is 9.05. The molecule has 2 aromatic carbocycles. The average molecular weight is 436 g/mol. The quantitative estimate of drug-likeness (QED) is 0.605. The van der Waals surface area contributed by atoms with E-state index < -0.39 is 30.1 Å². The summed E-state index contributed by atoms with van der Waals surface area (Å²) in [6.07, 6.45) is 0. The maximum Gasteiger partial charge on any atom is 0.342 e. The lowest BCUT2D eigenvalue weighted by Crippen LogP contribution is -2.49. The summed E-state index contributed by atoms with van der Waals surface area (Å²) in [5.74, 6) is -1.30. The van der Waals surface area contributed by atoms with Crippen LogP contribution in [0.1, 0.15) is 36.7 Å². The molecule has 0 saturated carbocycles. The first-order chi connectivity index (χ1) is 15.1. The van der Waals surface area contributed by atoms with E-state index in [4.69, 9.17) is 9.15 Å². The summed E-state index contributed by atoms with van der Waals surface area (Å²) >= 11 is 0. The van der Waals surface area contributed by atoms with Gasteiger partial charge in [0.15, 0.2) is 17.6 Å². The fraction of sp³-hybridized carbons (Fsp3) is 0.250. The van der Waals surface area contributed by atoms with E-state index in [2.05, 4.69) is 10.6 Å². The Hall–Kier alpha value is -3.94. The van der Waals surface area contributed by atoms with Crippen molar-refractivity contribution < 1.29 is 23.5 Å². The monoisotopic (exact) mass is 436 g/mol. The maximum atomic E-state index is 12.9. The minimum Gasteiger partial charge on any atom is -0.455 e. The summed E-state index contributed by atoms with van der Waals surface area (Å²) in [4.78, 5) is 49.3. The van der Waals surface area contributed by atoms with E-state index in [1.54, 1.807) is 45.9 Å². The Morgan fingerprint density at radius 1 is 1.00 bits per heavy atom. The second-order valence-corrected chi connectivity index (χ2v) is 8.26. The van der Waals surface area contributed by atoms with Gasteiger partial charge in [-0.25, -0.2) is 9.59 Å². The highest BCUT2D eigenvalue weighted by Gasteiger charge is 2.21. The molecular weight excluding hydrogens is 412 g/mol. The van der Waals surface area contributed by atoms with Crippen LogP contribution in [-0.4, -0.2) is 30.1 Å². The molecule has 2 N–H and O–H groups in total. The van der Waals surface area contributed by atoms with E-state index in [-0.39, 0.29) is 22.0 Å². The SMILES string of the molecule is Cc1c(-c2ccccc2)oc2c(C(=O)OCC(=O)NC(=O)NC(C)(C)C)cccc2c1=O. The van der Waals surface area contributed by atoms with Gasteiger partial charge < -0.3 is 14.5 Å². The van der Waals surface area contributed by atoms with Gasteiger partial charge in [-0.3, -0.25) is 14.9 Å². The fourth-order valence-corrected chi connectivity index (χ4v) is 3.08. The zero-order chi connectivity index (χ0) is 23.5. The topological polar surface area (TPSA) is 115 Å². The van der Waals surface area contributed by atoms with Crippen LogP contribution < -0.4 is 16.1 Å². The summed E-state index contributed by atoms with van der Waals surface area (Å²) in [5.41, 5.74) is 0.378. The van der Waals surface area contributed by atoms with Crippen LogP contribution in [0.2, 0.25) is 0 Å². The predicted molar refractivity (Wildman–Crippen MR) is 119 cm³/mol. The van der Waals surface area contributed by atoms with Crippen LogP contribution in [0, 0.1) is 6.92 Å². The van der Waals surface area contributed by atoms with E-state index in [0.717, 1.165) is 0 Å². The molecule has 0 aliphatic rings. The molecule has 3 amide bonds. The third-order valence-corrected chi connectivity index (χ3v) is 4.48. The van der Waals surface area contributed by atoms with Gasteiger partial charge in [-0.1, -0.05) is 36.4 Å². The van der Waals surface area contributed by atoms with Crippen molar-refractivity contribution in [1.29, 1.82) is 0 Å². The zero-order valence-corrected chi connectivity index (χ0v) is 18.3. The van der Waals surface area contributed by atoms with Crippen LogP contribution in [0.15, 0.2) is 57.7 Å². The number of carbonyl (C=O) groups excluding carboxylic acids is 3. The van der Waals surface area contributed by atoms with Crippen LogP contribution in [0.5, 0.6) is 0 Å². The first-order valence-corrected chi connectivity index (χ1v) is 9.98. The molecule has 32 heavy (non-hydrogen) atoms. The van der Waals surface area contributed by atoms with E-state index in [1.807, 2.05) is 18.2 Å². The number of benzene rings is 2. The van der Waals surface area contributed by atoms with Crippen LogP contribution in [0.3, 0.4) is 0 Å². The minimum absolute atomic E-state index is 0.00345. The molecule has 0 aliphatic heterocycles. The van der Waals surface area contributed by atoms with Crippen LogP contribution >= 0.6 is 0 Å². The van der Waals surface area contributed by atoms with Crippen molar-refractivity contribution >= 4 is 28.9 Å². The van der Waals surface area contributed by atoms with Gasteiger partial charge in [0.1, 0.15) is 11.3 Å². The van der Waals surface area contributed by atoms with Crippen molar-refractivity contribution in [2.75, 3.05) is 6.61 Å². The molecule has 8 heteroatoms. The van der Waals surface area contributed by atoms with Gasteiger partial charge in [-0.2, -0.15) is 0 Å². The van der Waals surface area contributed by atoms with Gasteiger partial charge in [0.05, 0.1) is 5.39 Å². The molecule has 0 saturated heterocycles. The van der Waals surface area contributed by atoms with Crippen molar-refractivity contribution in [3.05, 3.63) is 69.9 Å². The normalized spacial score (nSPS) is 11.1. The molecule has 166 valence electrons. The van der Waals surface area contributed by atoms with Crippen molar-refractivity contribution in [2.45, 2.75) is 33.2 Å². The number of ether oxygens (including phenoxy) is 1. The highest BCUT2D eigenvalue weighted by molar-refractivity contribution is 6.03. The number of hydrogen-bond acceptors (Lipinski definition) is 6. The van der Waals surface area contributed by atoms with E-state index in [9.17, 15) is 19.2 Å². The van der Waals surface area contributed by atoms with Gasteiger partial charge in [0.2, 0.25) is 0 Å². The van der Waals surface area contributed by atoms with Crippen molar-refractivity contribution in [3.63, 3.8) is 0 Å². The lowest BCUT2D eigenvalue weighted by Gasteiger charge is -2.20. The molecule has 0 bridgehead atoms. The number of hydrogen-bond donors (Lipinski definition) is 2. The highest BCUT2D eigenvalue weighted by Crippen LogP contribution is 2.27. The molecule has 0 fully saturated rings. The lowest BCUT2D eigenvalue weighted by atomic mass is 10.0. The van der Waals surface area contributed by atoms with E-state index in [0.29, 0.717) is 16.9 Å². The molecule has 0 atom stereocenters. The third kappa shape index (κ3) is 5.21. The lowest BCUT2D eigenvalue weighted by molar-refractivity contribution is -0.123. The number of para-hydroxylation sites is 1. The van der Waals surface area contributed by atoms with Gasteiger partial charge in [0, 0.05) is 16.7 Å². The second-order valence-electron chi connectivity index (χ2n) is 8.26. The molecule has 8 nitrogen and oxygen atoms in total. The van der Waals surface area contributed by atoms with E-state index >= 15 is 0 Å². The van der Waals surface area contributed by atoms with Crippen molar-refractivity contribution in [1.82, 2.24) is 10.6 Å². The Morgan fingerprint density at radius 2 is 1.69 bits per heavy atom. The molecule has 1 heterocycles. The number of urea groups is 1. The smallest absolute Gasteiger partial charge is 0.342 e. The minimum atomic E-state index is -0.854. The van der Waals surface area contributed by atoms with Crippen molar-refractivity contribution in [2.24, 2.45) is 0 Å². The molecule has 0 aliphatic carbocycles. The Labute approximate surface area is 184 Å².